The summed E-state index contributed by atoms with van der Waals surface area (Å²) in [4.78, 5) is 13.9. The highest BCUT2D eigenvalue weighted by Crippen LogP contribution is 2.12. The summed E-state index contributed by atoms with van der Waals surface area (Å²) in [7, 11) is 0. The molecule has 3 nitrogen and oxygen atoms in total. The molecule has 1 atom stereocenters. The van der Waals surface area contributed by atoms with E-state index in [-0.39, 0.29) is 24.4 Å². The molecular weight excluding hydrogens is 224 g/mol. The van der Waals surface area contributed by atoms with Crippen molar-refractivity contribution in [3.8, 4) is 0 Å². The largest absolute Gasteiger partial charge is 0.338 e. The van der Waals surface area contributed by atoms with Crippen LogP contribution in [0.4, 0.5) is 0 Å². The van der Waals surface area contributed by atoms with Gasteiger partial charge in [-0.2, -0.15) is 0 Å². The molecule has 0 bridgehead atoms. The standard InChI is InChI=1S/C12H26N2O.ClH/c1-6-11(7-2)14(8-9(3)4)12(15)10(5)13;/h9-11H,6-8,13H2,1-5H3;1H/t10-;/m1./s1. The Bertz CT molecular complexity index is 191. The van der Waals surface area contributed by atoms with Gasteiger partial charge in [0.05, 0.1) is 6.04 Å². The van der Waals surface area contributed by atoms with Crippen LogP contribution in [0.5, 0.6) is 0 Å². The van der Waals surface area contributed by atoms with Gasteiger partial charge in [0.25, 0.3) is 0 Å². The number of halogens is 1. The Morgan fingerprint density at radius 2 is 1.62 bits per heavy atom. The molecule has 0 aliphatic carbocycles. The zero-order valence-corrected chi connectivity index (χ0v) is 12.0. The van der Waals surface area contributed by atoms with Crippen LogP contribution < -0.4 is 5.73 Å². The smallest absolute Gasteiger partial charge is 0.239 e. The Kier molecular flexibility index (Phi) is 9.98. The summed E-state index contributed by atoms with van der Waals surface area (Å²) in [5.74, 6) is 0.575. The number of rotatable bonds is 6. The highest BCUT2D eigenvalue weighted by molar-refractivity contribution is 5.85. The van der Waals surface area contributed by atoms with Gasteiger partial charge in [-0.15, -0.1) is 12.4 Å². The van der Waals surface area contributed by atoms with Crippen LogP contribution in [0, 0.1) is 5.92 Å². The topological polar surface area (TPSA) is 46.3 Å². The lowest BCUT2D eigenvalue weighted by Gasteiger charge is -2.33. The lowest BCUT2D eigenvalue weighted by Crippen LogP contribution is -2.48. The Balaban J connectivity index is 0. The van der Waals surface area contributed by atoms with Gasteiger partial charge in [0.15, 0.2) is 0 Å². The minimum absolute atomic E-state index is 0. The average molecular weight is 251 g/mol. The molecule has 0 aliphatic heterocycles. The molecule has 0 heterocycles. The number of hydrogen-bond donors (Lipinski definition) is 1. The van der Waals surface area contributed by atoms with Crippen molar-refractivity contribution >= 4 is 18.3 Å². The van der Waals surface area contributed by atoms with Crippen LogP contribution in [-0.4, -0.2) is 29.4 Å². The van der Waals surface area contributed by atoms with Crippen LogP contribution in [0.1, 0.15) is 47.5 Å². The molecule has 4 heteroatoms. The summed E-state index contributed by atoms with van der Waals surface area (Å²) in [6, 6.07) is -0.0461. The predicted octanol–water partition coefficient (Wildman–Crippen LogP) is 2.43. The quantitative estimate of drug-likeness (QED) is 0.787. The second kappa shape index (κ2) is 8.82. The Hall–Kier alpha value is -0.280. The summed E-state index contributed by atoms with van der Waals surface area (Å²) in [5.41, 5.74) is 5.67. The minimum atomic E-state index is -0.385. The lowest BCUT2D eigenvalue weighted by atomic mass is 10.1. The first-order chi connectivity index (χ1) is 6.93. The molecular formula is C12H27ClN2O. The van der Waals surface area contributed by atoms with Gasteiger partial charge in [0.1, 0.15) is 0 Å². The van der Waals surface area contributed by atoms with Gasteiger partial charge < -0.3 is 10.6 Å². The van der Waals surface area contributed by atoms with Crippen LogP contribution >= 0.6 is 12.4 Å². The van der Waals surface area contributed by atoms with E-state index < -0.39 is 0 Å². The number of nitrogens with zero attached hydrogens (tertiary/aromatic N) is 1. The van der Waals surface area contributed by atoms with Gasteiger partial charge in [-0.3, -0.25) is 4.79 Å². The molecule has 0 aromatic carbocycles. The molecule has 1 amide bonds. The van der Waals surface area contributed by atoms with E-state index >= 15 is 0 Å². The second-order valence-electron chi connectivity index (χ2n) is 4.64. The molecule has 0 spiro atoms. The second-order valence-corrected chi connectivity index (χ2v) is 4.64. The molecule has 0 aliphatic rings. The molecule has 0 saturated heterocycles. The van der Waals surface area contributed by atoms with Crippen molar-refractivity contribution in [2.75, 3.05) is 6.54 Å². The minimum Gasteiger partial charge on any atom is -0.338 e. The van der Waals surface area contributed by atoms with Crippen LogP contribution in [0.2, 0.25) is 0 Å². The monoisotopic (exact) mass is 250 g/mol. The van der Waals surface area contributed by atoms with Crippen LogP contribution in [-0.2, 0) is 4.79 Å². The Morgan fingerprint density at radius 1 is 1.19 bits per heavy atom. The Morgan fingerprint density at radius 3 is 1.88 bits per heavy atom. The maximum atomic E-state index is 11.9. The first-order valence-electron chi connectivity index (χ1n) is 6.00. The van der Waals surface area contributed by atoms with E-state index in [2.05, 4.69) is 27.7 Å². The fourth-order valence-corrected chi connectivity index (χ4v) is 1.80. The number of amides is 1. The fourth-order valence-electron chi connectivity index (χ4n) is 1.80. The van der Waals surface area contributed by atoms with Crippen molar-refractivity contribution in [3.05, 3.63) is 0 Å². The molecule has 2 N–H and O–H groups in total. The maximum Gasteiger partial charge on any atom is 0.239 e. The normalized spacial score (nSPS) is 12.5. The molecule has 16 heavy (non-hydrogen) atoms. The highest BCUT2D eigenvalue weighted by Gasteiger charge is 2.23. The maximum absolute atomic E-state index is 11.9. The summed E-state index contributed by atoms with van der Waals surface area (Å²) in [5, 5.41) is 0. The highest BCUT2D eigenvalue weighted by atomic mass is 35.5. The van der Waals surface area contributed by atoms with Gasteiger partial charge >= 0.3 is 0 Å². The number of carbonyl (C=O) groups is 1. The summed E-state index contributed by atoms with van der Waals surface area (Å²) < 4.78 is 0. The fraction of sp³-hybridized carbons (Fsp3) is 0.917. The predicted molar refractivity (Wildman–Crippen MR) is 71.8 cm³/mol. The molecule has 0 rings (SSSR count). The van der Waals surface area contributed by atoms with Crippen molar-refractivity contribution in [1.29, 1.82) is 0 Å². The van der Waals surface area contributed by atoms with Crippen LogP contribution in [0.25, 0.3) is 0 Å². The zero-order chi connectivity index (χ0) is 12.0. The third kappa shape index (κ3) is 5.71. The third-order valence-corrected chi connectivity index (χ3v) is 2.62. The van der Waals surface area contributed by atoms with Crippen molar-refractivity contribution in [1.82, 2.24) is 4.90 Å². The SMILES string of the molecule is CCC(CC)N(CC(C)C)C(=O)[C@@H](C)N.Cl. The number of hydrogen-bond acceptors (Lipinski definition) is 2. The summed E-state index contributed by atoms with van der Waals surface area (Å²) in [6.07, 6.45) is 2.00. The summed E-state index contributed by atoms with van der Waals surface area (Å²) >= 11 is 0. The van der Waals surface area contributed by atoms with Gasteiger partial charge in [-0.05, 0) is 25.7 Å². The average Bonchev–Trinajstić information content (AvgIpc) is 2.16. The van der Waals surface area contributed by atoms with Gasteiger partial charge in [0, 0.05) is 12.6 Å². The lowest BCUT2D eigenvalue weighted by molar-refractivity contribution is -0.135. The zero-order valence-electron chi connectivity index (χ0n) is 11.2. The first-order valence-corrected chi connectivity index (χ1v) is 6.00. The van der Waals surface area contributed by atoms with Gasteiger partial charge in [-0.25, -0.2) is 0 Å². The molecule has 0 radical (unpaired) electrons. The van der Waals surface area contributed by atoms with E-state index in [0.29, 0.717) is 12.0 Å². The van der Waals surface area contributed by atoms with Gasteiger partial charge in [-0.1, -0.05) is 27.7 Å². The van der Waals surface area contributed by atoms with E-state index in [4.69, 9.17) is 5.73 Å². The van der Waals surface area contributed by atoms with Crippen molar-refractivity contribution in [2.24, 2.45) is 11.7 Å². The van der Waals surface area contributed by atoms with E-state index in [9.17, 15) is 4.79 Å². The van der Waals surface area contributed by atoms with E-state index in [1.54, 1.807) is 6.92 Å². The van der Waals surface area contributed by atoms with Gasteiger partial charge in [0.2, 0.25) is 5.91 Å². The first kappa shape index (κ1) is 18.1. The van der Waals surface area contributed by atoms with Crippen molar-refractivity contribution < 1.29 is 4.79 Å². The van der Waals surface area contributed by atoms with Crippen molar-refractivity contribution in [3.63, 3.8) is 0 Å². The Labute approximate surface area is 106 Å². The number of carbonyl (C=O) groups excluding carboxylic acids is 1. The molecule has 0 saturated carbocycles. The van der Waals surface area contributed by atoms with E-state index in [1.807, 2.05) is 4.90 Å². The van der Waals surface area contributed by atoms with Crippen molar-refractivity contribution in [2.45, 2.75) is 59.5 Å². The molecule has 0 aromatic rings. The molecule has 98 valence electrons. The third-order valence-electron chi connectivity index (χ3n) is 2.62. The summed E-state index contributed by atoms with van der Waals surface area (Å²) in [6.45, 7) is 11.1. The van der Waals surface area contributed by atoms with E-state index in [0.717, 1.165) is 19.4 Å². The van der Waals surface area contributed by atoms with E-state index in [1.165, 1.54) is 0 Å². The molecule has 0 unspecified atom stereocenters. The molecule has 0 fully saturated rings. The number of nitrogens with two attached hydrogens (primary N) is 1. The van der Waals surface area contributed by atoms with Crippen LogP contribution in [0.15, 0.2) is 0 Å². The molecule has 0 aromatic heterocycles. The van der Waals surface area contributed by atoms with Crippen LogP contribution in [0.3, 0.4) is 0 Å².